The maximum absolute atomic E-state index is 14.4. The van der Waals surface area contributed by atoms with Crippen LogP contribution in [0.3, 0.4) is 0 Å². The van der Waals surface area contributed by atoms with Gasteiger partial charge in [-0.15, -0.1) is 0 Å². The summed E-state index contributed by atoms with van der Waals surface area (Å²) in [6, 6.07) is 8.78. The molecule has 17 heteroatoms. The summed E-state index contributed by atoms with van der Waals surface area (Å²) in [5, 5.41) is 3.89. The van der Waals surface area contributed by atoms with Crippen LogP contribution in [0.2, 0.25) is 0 Å². The van der Waals surface area contributed by atoms with Gasteiger partial charge < -0.3 is 23.8 Å². The van der Waals surface area contributed by atoms with Gasteiger partial charge in [0.15, 0.2) is 9.84 Å². The maximum atomic E-state index is 14.4. The number of urea groups is 1. The summed E-state index contributed by atoms with van der Waals surface area (Å²) >= 11 is 0. The maximum Gasteiger partial charge on any atom is 0.420 e. The van der Waals surface area contributed by atoms with Gasteiger partial charge in [0.1, 0.15) is 28.5 Å². The van der Waals surface area contributed by atoms with Gasteiger partial charge in [0, 0.05) is 50.9 Å². The zero-order valence-corrected chi connectivity index (χ0v) is 31.2. The van der Waals surface area contributed by atoms with Crippen LogP contribution in [0.1, 0.15) is 57.4 Å². The number of rotatable bonds is 12. The van der Waals surface area contributed by atoms with Crippen molar-refractivity contribution in [3.8, 4) is 22.9 Å². The molecule has 0 atom stereocenters. The third kappa shape index (κ3) is 7.72. The Labute approximate surface area is 312 Å². The number of carbonyl (C=O) groups is 2. The minimum Gasteiger partial charge on any atom is -0.455 e. The summed E-state index contributed by atoms with van der Waals surface area (Å²) in [4.78, 5) is 39.8. The Morgan fingerprint density at radius 1 is 0.981 bits per heavy atom. The number of hydrogen-bond donors (Lipinski definition) is 0. The van der Waals surface area contributed by atoms with Crippen molar-refractivity contribution < 1.29 is 45.2 Å². The number of sulfone groups is 1. The number of aromatic nitrogens is 2. The second-order valence-electron chi connectivity index (χ2n) is 14.9. The van der Waals surface area contributed by atoms with Crippen LogP contribution < -0.4 is 4.74 Å². The molecule has 3 aliphatic heterocycles. The number of alkyl halides is 3. The topological polar surface area (TPSA) is 139 Å². The quantitative estimate of drug-likeness (QED) is 0.217. The van der Waals surface area contributed by atoms with Crippen LogP contribution in [-0.4, -0.2) is 120 Å². The highest BCUT2D eigenvalue weighted by Crippen LogP contribution is 2.43. The lowest BCUT2D eigenvalue weighted by atomic mass is 9.82. The zero-order valence-electron chi connectivity index (χ0n) is 30.4. The summed E-state index contributed by atoms with van der Waals surface area (Å²) in [7, 11) is -3.85. The lowest BCUT2D eigenvalue weighted by molar-refractivity contribution is -0.138. The summed E-state index contributed by atoms with van der Waals surface area (Å²) < 4.78 is 85.9. The largest absolute Gasteiger partial charge is 0.455 e. The molecule has 1 saturated carbocycles. The van der Waals surface area contributed by atoms with Crippen molar-refractivity contribution in [2.45, 2.75) is 75.1 Å². The van der Waals surface area contributed by atoms with Crippen LogP contribution in [0.25, 0.3) is 11.4 Å². The van der Waals surface area contributed by atoms with Crippen molar-refractivity contribution in [3.05, 3.63) is 53.9 Å². The number of hydrogen-bond acceptors (Lipinski definition) is 11. The first kappa shape index (κ1) is 38.2. The van der Waals surface area contributed by atoms with E-state index in [2.05, 4.69) is 19.9 Å². The van der Waals surface area contributed by atoms with Gasteiger partial charge >= 0.3 is 12.2 Å². The second-order valence-corrected chi connectivity index (χ2v) is 16.9. The van der Waals surface area contributed by atoms with Gasteiger partial charge in [-0.25, -0.2) is 13.2 Å². The molecule has 54 heavy (non-hydrogen) atoms. The predicted octanol–water partition coefficient (Wildman–Crippen LogP) is 5.46. The molecule has 1 aliphatic carbocycles. The molecule has 4 heterocycles. The Hall–Kier alpha value is -4.06. The van der Waals surface area contributed by atoms with Crippen LogP contribution in [0, 0.1) is 5.92 Å². The molecule has 292 valence electrons. The van der Waals surface area contributed by atoms with Crippen molar-refractivity contribution in [2.24, 2.45) is 5.92 Å². The predicted molar refractivity (Wildman–Crippen MR) is 189 cm³/mol. The number of carbonyl (C=O) groups excluding carboxylic acids is 2. The fraction of sp³-hybridized carbons (Fsp3) is 0.568. The minimum absolute atomic E-state index is 0.0589. The van der Waals surface area contributed by atoms with E-state index < -0.39 is 38.9 Å². The Bertz CT molecular complexity index is 1950. The van der Waals surface area contributed by atoms with Crippen LogP contribution in [0.15, 0.2) is 51.9 Å². The molecule has 3 aromatic rings. The van der Waals surface area contributed by atoms with Crippen LogP contribution >= 0.6 is 0 Å². The average Bonchev–Trinajstić information content (AvgIpc) is 3.65. The molecule has 3 amide bonds. The van der Waals surface area contributed by atoms with Gasteiger partial charge in [0.05, 0.1) is 24.5 Å². The third-order valence-electron chi connectivity index (χ3n) is 10.8. The Morgan fingerprint density at radius 2 is 1.70 bits per heavy atom. The number of para-hydroxylation sites is 1. The Morgan fingerprint density at radius 3 is 2.37 bits per heavy atom. The molecular weight excluding hydrogens is 730 g/mol. The van der Waals surface area contributed by atoms with E-state index >= 15 is 0 Å². The molecule has 2 aromatic carbocycles. The Kier molecular flexibility index (Phi) is 10.8. The fourth-order valence-electron chi connectivity index (χ4n) is 7.78. The van der Waals surface area contributed by atoms with Crippen LogP contribution in [-0.2, 0) is 32.1 Å². The summed E-state index contributed by atoms with van der Waals surface area (Å²) in [6.45, 7) is 8.18. The average molecular weight is 775 g/mol. The second kappa shape index (κ2) is 15.2. The number of imide groups is 1. The van der Waals surface area contributed by atoms with E-state index in [1.54, 1.807) is 18.7 Å². The van der Waals surface area contributed by atoms with Gasteiger partial charge in [-0.05, 0) is 61.9 Å². The number of morpholine rings is 1. The van der Waals surface area contributed by atoms with Crippen molar-refractivity contribution in [2.75, 3.05) is 58.2 Å². The van der Waals surface area contributed by atoms with E-state index in [0.717, 1.165) is 43.0 Å². The zero-order chi connectivity index (χ0) is 38.3. The smallest absolute Gasteiger partial charge is 0.420 e. The highest BCUT2D eigenvalue weighted by Gasteiger charge is 2.58. The molecule has 0 bridgehead atoms. The lowest BCUT2D eigenvalue weighted by Crippen LogP contribution is -2.59. The van der Waals surface area contributed by atoms with Crippen molar-refractivity contribution >= 4 is 21.8 Å². The molecule has 0 unspecified atom stereocenters. The number of ether oxygens (including phenoxy) is 2. The third-order valence-corrected chi connectivity index (χ3v) is 13.0. The lowest BCUT2D eigenvalue weighted by Gasteiger charge is -2.47. The number of halogens is 3. The molecule has 4 aliphatic rings. The van der Waals surface area contributed by atoms with E-state index in [1.807, 2.05) is 0 Å². The summed E-state index contributed by atoms with van der Waals surface area (Å²) in [5.74, 6) is -1.90. The fourth-order valence-corrected chi connectivity index (χ4v) is 9.54. The SMILES string of the molecule is CC(C)CS(=O)(=O)c1ccccc1Oc1ccc(-c2noc(CN3C(=O)N(CCN4CCOCC4)C4(CCN(C5CCC5)CC4)C3=O)n2)cc1C(F)(F)F. The van der Waals surface area contributed by atoms with Crippen molar-refractivity contribution in [1.82, 2.24) is 29.7 Å². The number of piperidine rings is 1. The highest BCUT2D eigenvalue weighted by atomic mass is 32.2. The van der Waals surface area contributed by atoms with Crippen LogP contribution in [0.5, 0.6) is 11.5 Å². The van der Waals surface area contributed by atoms with E-state index in [1.165, 1.54) is 36.8 Å². The molecule has 13 nitrogen and oxygen atoms in total. The van der Waals surface area contributed by atoms with E-state index in [-0.39, 0.29) is 52.0 Å². The standard InChI is InChI=1S/C37H45F3N6O7S/c1-25(2)24-54(49,50)31-9-4-3-8-30(31)52-29-11-10-26(22-28(29)37(38,39)40)33-41-32(53-42-33)23-45-34(47)36(12-14-44(15-13-36)27-6-5-7-27)46(35(45)48)17-16-43-18-20-51-21-19-43/h3-4,8-11,22,25,27H,5-7,12-21,23-24H2,1-2H3. The van der Waals surface area contributed by atoms with Crippen molar-refractivity contribution in [3.63, 3.8) is 0 Å². The van der Waals surface area contributed by atoms with E-state index in [0.29, 0.717) is 58.3 Å². The number of amides is 3. The van der Waals surface area contributed by atoms with Gasteiger partial charge in [0.2, 0.25) is 11.7 Å². The monoisotopic (exact) mass is 774 g/mol. The summed E-state index contributed by atoms with van der Waals surface area (Å²) in [5.41, 5.74) is -2.24. The molecule has 7 rings (SSSR count). The molecule has 4 fully saturated rings. The first-order valence-electron chi connectivity index (χ1n) is 18.5. The number of likely N-dealkylation sites (tertiary alicyclic amines) is 1. The first-order valence-corrected chi connectivity index (χ1v) is 20.1. The molecule has 0 radical (unpaired) electrons. The number of benzene rings is 2. The molecule has 1 spiro atoms. The van der Waals surface area contributed by atoms with Crippen LogP contribution in [0.4, 0.5) is 18.0 Å². The van der Waals surface area contributed by atoms with Gasteiger partial charge in [0.25, 0.3) is 5.91 Å². The molecular formula is C37H45F3N6O7S. The van der Waals surface area contributed by atoms with Gasteiger partial charge in [-0.2, -0.15) is 18.2 Å². The van der Waals surface area contributed by atoms with Crippen molar-refractivity contribution in [1.29, 1.82) is 0 Å². The first-order chi connectivity index (χ1) is 25.7. The normalized spacial score (nSPS) is 20.3. The summed E-state index contributed by atoms with van der Waals surface area (Å²) in [6.07, 6.45) is -0.404. The number of nitrogens with zero attached hydrogens (tertiary/aromatic N) is 6. The van der Waals surface area contributed by atoms with E-state index in [9.17, 15) is 31.2 Å². The van der Waals surface area contributed by atoms with Gasteiger partial charge in [-0.1, -0.05) is 37.6 Å². The molecule has 1 aromatic heterocycles. The molecule has 0 N–H and O–H groups in total. The molecule has 3 saturated heterocycles. The van der Waals surface area contributed by atoms with Gasteiger partial charge in [-0.3, -0.25) is 14.6 Å². The Balaban J connectivity index is 1.11. The minimum atomic E-state index is -4.90. The van der Waals surface area contributed by atoms with E-state index in [4.69, 9.17) is 14.0 Å². The highest BCUT2D eigenvalue weighted by molar-refractivity contribution is 7.91.